The van der Waals surface area contributed by atoms with Crippen LogP contribution >= 0.6 is 15.9 Å². The molecule has 0 atom stereocenters. The van der Waals surface area contributed by atoms with E-state index in [9.17, 15) is 4.79 Å². The first-order valence-corrected chi connectivity index (χ1v) is 7.25. The number of fused-ring (bicyclic) bond motifs is 1. The van der Waals surface area contributed by atoms with E-state index in [2.05, 4.69) is 15.9 Å². The summed E-state index contributed by atoms with van der Waals surface area (Å²) >= 11 is 3.42. The van der Waals surface area contributed by atoms with Crippen molar-refractivity contribution >= 4 is 32.9 Å². The number of benzene rings is 1. The molecule has 0 aliphatic carbocycles. The van der Waals surface area contributed by atoms with Gasteiger partial charge in [0.1, 0.15) is 5.60 Å². The maximum atomic E-state index is 12.2. The molecule has 5 heteroatoms. The number of carbonyl (C=O) groups excluding carboxylic acids is 1. The van der Waals surface area contributed by atoms with E-state index in [-0.39, 0.29) is 6.61 Å². The van der Waals surface area contributed by atoms with Gasteiger partial charge in [0.25, 0.3) is 0 Å². The smallest absolute Gasteiger partial charge is 0.419 e. The Kier molecular flexibility index (Phi) is 4.20. The topological polar surface area (TPSA) is 51.5 Å². The normalized spacial score (nSPS) is 11.8. The molecule has 1 heterocycles. The van der Waals surface area contributed by atoms with Gasteiger partial charge in [-0.25, -0.2) is 4.79 Å². The van der Waals surface area contributed by atoms with E-state index in [4.69, 9.17) is 9.84 Å². The van der Waals surface area contributed by atoms with Crippen molar-refractivity contribution in [1.82, 2.24) is 4.57 Å². The van der Waals surface area contributed by atoms with Gasteiger partial charge >= 0.3 is 6.09 Å². The Bertz CT molecular complexity index is 640. The van der Waals surface area contributed by atoms with Gasteiger partial charge in [-0.3, -0.25) is 4.57 Å². The van der Waals surface area contributed by atoms with E-state index < -0.39 is 11.7 Å². The van der Waals surface area contributed by atoms with E-state index in [0.717, 1.165) is 20.9 Å². The van der Waals surface area contributed by atoms with Crippen molar-refractivity contribution in [3.8, 4) is 0 Å². The van der Waals surface area contributed by atoms with Gasteiger partial charge in [-0.2, -0.15) is 0 Å². The summed E-state index contributed by atoms with van der Waals surface area (Å²) in [6, 6.07) is 5.69. The van der Waals surface area contributed by atoms with Gasteiger partial charge in [-0.15, -0.1) is 0 Å². The first kappa shape index (κ1) is 15.1. The minimum atomic E-state index is -0.541. The average molecular weight is 340 g/mol. The molecule has 0 radical (unpaired) electrons. The predicted molar refractivity (Wildman–Crippen MR) is 82.1 cm³/mol. The SMILES string of the molecule is CC(C)(C)OC(=O)n1cc(CCO)c2cc(Br)ccc21. The molecule has 2 rings (SSSR count). The van der Waals surface area contributed by atoms with Crippen LogP contribution in [-0.4, -0.2) is 28.0 Å². The van der Waals surface area contributed by atoms with Gasteiger partial charge in [0.15, 0.2) is 0 Å². The fourth-order valence-electron chi connectivity index (χ4n) is 2.05. The fourth-order valence-corrected chi connectivity index (χ4v) is 2.41. The molecule has 0 fully saturated rings. The number of rotatable bonds is 2. The van der Waals surface area contributed by atoms with Crippen molar-refractivity contribution in [3.63, 3.8) is 0 Å². The maximum absolute atomic E-state index is 12.2. The predicted octanol–water partition coefficient (Wildman–Crippen LogP) is 3.72. The molecule has 0 saturated heterocycles. The summed E-state index contributed by atoms with van der Waals surface area (Å²) in [4.78, 5) is 12.2. The number of aliphatic hydroxyl groups excluding tert-OH is 1. The van der Waals surface area contributed by atoms with Crippen LogP contribution in [0.5, 0.6) is 0 Å². The highest BCUT2D eigenvalue weighted by Crippen LogP contribution is 2.26. The molecule has 0 amide bonds. The molecule has 0 saturated carbocycles. The molecule has 20 heavy (non-hydrogen) atoms. The number of carbonyl (C=O) groups is 1. The molecule has 108 valence electrons. The van der Waals surface area contributed by atoms with E-state index in [1.807, 2.05) is 39.0 Å². The van der Waals surface area contributed by atoms with E-state index in [1.54, 1.807) is 6.20 Å². The summed E-state index contributed by atoms with van der Waals surface area (Å²) in [5.74, 6) is 0. The van der Waals surface area contributed by atoms with Crippen molar-refractivity contribution in [2.75, 3.05) is 6.61 Å². The summed E-state index contributed by atoms with van der Waals surface area (Å²) in [6.45, 7) is 5.55. The Hall–Kier alpha value is -1.33. The largest absolute Gasteiger partial charge is 0.443 e. The van der Waals surface area contributed by atoms with Gasteiger partial charge in [0.2, 0.25) is 0 Å². The Morgan fingerprint density at radius 3 is 2.70 bits per heavy atom. The van der Waals surface area contributed by atoms with Crippen molar-refractivity contribution in [1.29, 1.82) is 0 Å². The number of halogens is 1. The number of nitrogens with zero attached hydrogens (tertiary/aromatic N) is 1. The molecule has 0 aliphatic heterocycles. The molecule has 0 unspecified atom stereocenters. The minimum absolute atomic E-state index is 0.0416. The molecule has 4 nitrogen and oxygen atoms in total. The van der Waals surface area contributed by atoms with Crippen molar-refractivity contribution in [2.45, 2.75) is 32.8 Å². The molecule has 1 aromatic heterocycles. The van der Waals surface area contributed by atoms with Gasteiger partial charge in [0.05, 0.1) is 5.52 Å². The highest BCUT2D eigenvalue weighted by atomic mass is 79.9. The Morgan fingerprint density at radius 2 is 2.10 bits per heavy atom. The zero-order chi connectivity index (χ0) is 14.9. The van der Waals surface area contributed by atoms with Crippen LogP contribution in [-0.2, 0) is 11.2 Å². The Balaban J connectivity index is 2.51. The van der Waals surface area contributed by atoms with Crippen molar-refractivity contribution in [3.05, 3.63) is 34.4 Å². The van der Waals surface area contributed by atoms with Crippen LogP contribution in [0.25, 0.3) is 10.9 Å². The molecule has 0 bridgehead atoms. The van der Waals surface area contributed by atoms with Crippen LogP contribution in [0.2, 0.25) is 0 Å². The maximum Gasteiger partial charge on any atom is 0.419 e. The van der Waals surface area contributed by atoms with Gasteiger partial charge in [-0.05, 0) is 51.0 Å². The zero-order valence-electron chi connectivity index (χ0n) is 11.8. The first-order chi connectivity index (χ1) is 9.31. The first-order valence-electron chi connectivity index (χ1n) is 6.45. The van der Waals surface area contributed by atoms with E-state index >= 15 is 0 Å². The summed E-state index contributed by atoms with van der Waals surface area (Å²) in [5, 5.41) is 10.1. The summed E-state index contributed by atoms with van der Waals surface area (Å²) in [5.41, 5.74) is 1.17. The number of ether oxygens (including phenoxy) is 1. The lowest BCUT2D eigenvalue weighted by Crippen LogP contribution is -2.26. The van der Waals surface area contributed by atoms with Crippen molar-refractivity contribution < 1.29 is 14.6 Å². The molecule has 2 aromatic rings. The van der Waals surface area contributed by atoms with E-state index in [1.165, 1.54) is 4.57 Å². The number of aliphatic hydroxyl groups is 1. The standard InChI is InChI=1S/C15H18BrNO3/c1-15(2,3)20-14(19)17-9-10(6-7-18)12-8-11(16)4-5-13(12)17/h4-5,8-9,18H,6-7H2,1-3H3. The lowest BCUT2D eigenvalue weighted by atomic mass is 10.1. The second kappa shape index (κ2) is 5.58. The summed E-state index contributed by atoms with van der Waals surface area (Å²) in [7, 11) is 0. The number of aromatic nitrogens is 1. The van der Waals surface area contributed by atoms with Crippen LogP contribution in [0, 0.1) is 0 Å². The second-order valence-electron chi connectivity index (χ2n) is 5.64. The minimum Gasteiger partial charge on any atom is -0.443 e. The Labute approximate surface area is 126 Å². The average Bonchev–Trinajstić information content (AvgIpc) is 2.66. The Morgan fingerprint density at radius 1 is 1.40 bits per heavy atom. The lowest BCUT2D eigenvalue weighted by molar-refractivity contribution is 0.0544. The monoisotopic (exact) mass is 339 g/mol. The molecule has 1 N–H and O–H groups in total. The van der Waals surface area contributed by atoms with Gasteiger partial charge in [0, 0.05) is 22.7 Å². The van der Waals surface area contributed by atoms with E-state index in [0.29, 0.717) is 6.42 Å². The van der Waals surface area contributed by atoms with Crippen LogP contribution < -0.4 is 0 Å². The summed E-state index contributed by atoms with van der Waals surface area (Å²) in [6.07, 6.45) is 1.83. The van der Waals surface area contributed by atoms with Crippen molar-refractivity contribution in [2.24, 2.45) is 0 Å². The highest BCUT2D eigenvalue weighted by molar-refractivity contribution is 9.10. The lowest BCUT2D eigenvalue weighted by Gasteiger charge is -2.19. The number of hydrogen-bond acceptors (Lipinski definition) is 3. The van der Waals surface area contributed by atoms with Crippen LogP contribution in [0.4, 0.5) is 4.79 Å². The quantitative estimate of drug-likeness (QED) is 0.906. The third-order valence-electron chi connectivity index (χ3n) is 2.82. The molecular weight excluding hydrogens is 322 g/mol. The third-order valence-corrected chi connectivity index (χ3v) is 3.31. The number of hydrogen-bond donors (Lipinski definition) is 1. The van der Waals surface area contributed by atoms with Gasteiger partial charge in [-0.1, -0.05) is 15.9 Å². The molecule has 1 aromatic carbocycles. The fraction of sp³-hybridized carbons (Fsp3) is 0.400. The summed E-state index contributed by atoms with van der Waals surface area (Å²) < 4.78 is 7.84. The third kappa shape index (κ3) is 3.22. The van der Waals surface area contributed by atoms with Gasteiger partial charge < -0.3 is 9.84 Å². The second-order valence-corrected chi connectivity index (χ2v) is 6.56. The van der Waals surface area contributed by atoms with Crippen LogP contribution in [0.1, 0.15) is 26.3 Å². The van der Waals surface area contributed by atoms with Crippen LogP contribution in [0.3, 0.4) is 0 Å². The molecule has 0 aliphatic rings. The van der Waals surface area contributed by atoms with Crippen LogP contribution in [0.15, 0.2) is 28.9 Å². The zero-order valence-corrected chi connectivity index (χ0v) is 13.4. The molecular formula is C15H18BrNO3. The highest BCUT2D eigenvalue weighted by Gasteiger charge is 2.20. The molecule has 0 spiro atoms.